The summed E-state index contributed by atoms with van der Waals surface area (Å²) in [5.74, 6) is 0.860. The van der Waals surface area contributed by atoms with E-state index in [-0.39, 0.29) is 24.6 Å². The van der Waals surface area contributed by atoms with Gasteiger partial charge in [-0.3, -0.25) is 5.10 Å². The van der Waals surface area contributed by atoms with Crippen LogP contribution in [0.2, 0.25) is 0 Å². The van der Waals surface area contributed by atoms with Crippen LogP contribution in [0.15, 0.2) is 30.6 Å². The van der Waals surface area contributed by atoms with Crippen LogP contribution >= 0.6 is 0 Å². The maximum Gasteiger partial charge on any atom is 0.315 e. The van der Waals surface area contributed by atoms with E-state index in [1.807, 2.05) is 24.3 Å². The number of aliphatic hydroxyl groups is 1. The first-order chi connectivity index (χ1) is 12.3. The van der Waals surface area contributed by atoms with Crippen molar-refractivity contribution in [1.82, 2.24) is 25.8 Å². The summed E-state index contributed by atoms with van der Waals surface area (Å²) in [6.45, 7) is 0.564. The maximum atomic E-state index is 12.2. The van der Waals surface area contributed by atoms with Crippen molar-refractivity contribution >= 4 is 6.03 Å². The van der Waals surface area contributed by atoms with Crippen molar-refractivity contribution in [1.29, 1.82) is 0 Å². The van der Waals surface area contributed by atoms with Gasteiger partial charge >= 0.3 is 6.03 Å². The number of H-pyrrole nitrogens is 1. The van der Waals surface area contributed by atoms with Gasteiger partial charge in [-0.15, -0.1) is 0 Å². The topological polar surface area (TPSA) is 103 Å². The number of amides is 2. The fourth-order valence-electron chi connectivity index (χ4n) is 3.37. The van der Waals surface area contributed by atoms with Crippen LogP contribution in [-0.4, -0.2) is 39.0 Å². The van der Waals surface area contributed by atoms with Crippen LogP contribution in [0.25, 0.3) is 11.4 Å². The maximum absolute atomic E-state index is 12.2. The highest BCUT2D eigenvalue weighted by Crippen LogP contribution is 2.23. The van der Waals surface area contributed by atoms with Crippen molar-refractivity contribution in [2.45, 2.75) is 44.7 Å². The Morgan fingerprint density at radius 2 is 2.16 bits per heavy atom. The minimum atomic E-state index is -0.185. The highest BCUT2D eigenvalue weighted by molar-refractivity contribution is 5.74. The van der Waals surface area contributed by atoms with Gasteiger partial charge in [0, 0.05) is 30.7 Å². The van der Waals surface area contributed by atoms with Crippen LogP contribution in [0.3, 0.4) is 0 Å². The molecule has 4 N–H and O–H groups in total. The summed E-state index contributed by atoms with van der Waals surface area (Å²) in [7, 11) is 0. The van der Waals surface area contributed by atoms with Gasteiger partial charge in [0.25, 0.3) is 0 Å². The molecule has 134 valence electrons. The molecule has 1 heterocycles. The lowest BCUT2D eigenvalue weighted by Gasteiger charge is -2.24. The fourth-order valence-corrected chi connectivity index (χ4v) is 3.37. The van der Waals surface area contributed by atoms with Crippen molar-refractivity contribution in [3.63, 3.8) is 0 Å². The van der Waals surface area contributed by atoms with Gasteiger partial charge in [0.05, 0.1) is 0 Å². The number of rotatable bonds is 5. The normalized spacial score (nSPS) is 20.7. The Hall–Kier alpha value is -2.41. The van der Waals surface area contributed by atoms with Crippen LogP contribution < -0.4 is 10.6 Å². The van der Waals surface area contributed by atoms with Crippen LogP contribution in [0.1, 0.15) is 37.7 Å². The van der Waals surface area contributed by atoms with Gasteiger partial charge < -0.3 is 15.7 Å². The fraction of sp³-hybridized carbons (Fsp3) is 0.500. The molecule has 1 aliphatic rings. The molecule has 0 saturated heterocycles. The Bertz CT molecular complexity index is 674. The van der Waals surface area contributed by atoms with E-state index in [1.165, 1.54) is 12.7 Å². The molecule has 1 fully saturated rings. The molecule has 0 bridgehead atoms. The SMILES string of the molecule is O=C(NCc1cccc(-c2ncn[nH]2)c1)NC1CCCCCC1CO. The number of aliphatic hydroxyl groups excluding tert-OH is 1. The molecule has 1 aromatic carbocycles. The van der Waals surface area contributed by atoms with E-state index in [0.29, 0.717) is 12.4 Å². The standard InChI is InChI=1S/C18H25N5O2/c24-11-15-6-2-1-3-8-16(15)22-18(25)19-10-13-5-4-7-14(9-13)17-20-12-21-23-17/h4-5,7,9,12,15-16,24H,1-3,6,8,10-11H2,(H2,19,22,25)(H,20,21,23). The number of hydrogen-bond donors (Lipinski definition) is 4. The summed E-state index contributed by atoms with van der Waals surface area (Å²) in [6.07, 6.45) is 6.77. The highest BCUT2D eigenvalue weighted by Gasteiger charge is 2.24. The van der Waals surface area contributed by atoms with Gasteiger partial charge in [0.15, 0.2) is 5.82 Å². The molecule has 1 saturated carbocycles. The van der Waals surface area contributed by atoms with Gasteiger partial charge in [0.2, 0.25) is 0 Å². The van der Waals surface area contributed by atoms with Gasteiger partial charge in [-0.2, -0.15) is 5.10 Å². The number of carbonyl (C=O) groups excluding carboxylic acids is 1. The lowest BCUT2D eigenvalue weighted by molar-refractivity contribution is 0.179. The molecule has 2 amide bonds. The minimum absolute atomic E-state index is 0.0491. The molecule has 0 spiro atoms. The van der Waals surface area contributed by atoms with E-state index in [0.717, 1.165) is 36.8 Å². The number of benzene rings is 1. The summed E-state index contributed by atoms with van der Waals surface area (Å²) < 4.78 is 0. The summed E-state index contributed by atoms with van der Waals surface area (Å²) in [6, 6.07) is 7.68. The van der Waals surface area contributed by atoms with E-state index in [9.17, 15) is 9.90 Å². The molecule has 2 atom stereocenters. The van der Waals surface area contributed by atoms with Crippen molar-refractivity contribution in [2.75, 3.05) is 6.61 Å². The van der Waals surface area contributed by atoms with Crippen LogP contribution in [0.5, 0.6) is 0 Å². The van der Waals surface area contributed by atoms with E-state index < -0.39 is 0 Å². The molecule has 3 rings (SSSR count). The quantitative estimate of drug-likeness (QED) is 0.625. The Morgan fingerprint density at radius 1 is 1.28 bits per heavy atom. The molecule has 0 aliphatic heterocycles. The first kappa shape index (κ1) is 17.4. The number of hydrogen-bond acceptors (Lipinski definition) is 4. The highest BCUT2D eigenvalue weighted by atomic mass is 16.3. The summed E-state index contributed by atoms with van der Waals surface area (Å²) in [5.41, 5.74) is 1.92. The second kappa shape index (κ2) is 8.62. The number of nitrogens with one attached hydrogen (secondary N) is 3. The summed E-state index contributed by atoms with van der Waals surface area (Å²) >= 11 is 0. The average molecular weight is 343 g/mol. The van der Waals surface area contributed by atoms with Gasteiger partial charge in [-0.25, -0.2) is 9.78 Å². The number of urea groups is 1. The van der Waals surface area contributed by atoms with E-state index in [2.05, 4.69) is 25.8 Å². The molecular formula is C18H25N5O2. The van der Waals surface area contributed by atoms with Crippen molar-refractivity contribution in [2.24, 2.45) is 5.92 Å². The third kappa shape index (κ3) is 4.79. The van der Waals surface area contributed by atoms with E-state index >= 15 is 0 Å². The number of nitrogens with zero attached hydrogens (tertiary/aromatic N) is 2. The first-order valence-corrected chi connectivity index (χ1v) is 8.86. The van der Waals surface area contributed by atoms with Crippen molar-refractivity contribution < 1.29 is 9.90 Å². The smallest absolute Gasteiger partial charge is 0.315 e. The van der Waals surface area contributed by atoms with Gasteiger partial charge in [-0.05, 0) is 24.5 Å². The van der Waals surface area contributed by atoms with Crippen LogP contribution in [-0.2, 0) is 6.54 Å². The minimum Gasteiger partial charge on any atom is -0.396 e. The molecule has 0 radical (unpaired) electrons. The summed E-state index contributed by atoms with van der Waals surface area (Å²) in [4.78, 5) is 16.4. The number of aromatic nitrogens is 3. The molecule has 7 heteroatoms. The molecule has 25 heavy (non-hydrogen) atoms. The van der Waals surface area contributed by atoms with E-state index in [1.54, 1.807) is 0 Å². The predicted octanol–water partition coefficient (Wildman–Crippen LogP) is 2.21. The van der Waals surface area contributed by atoms with Crippen molar-refractivity contribution in [3.8, 4) is 11.4 Å². The second-order valence-corrected chi connectivity index (χ2v) is 6.55. The van der Waals surface area contributed by atoms with Crippen LogP contribution in [0, 0.1) is 5.92 Å². The Balaban J connectivity index is 1.54. The molecule has 2 aromatic rings. The number of aromatic amines is 1. The first-order valence-electron chi connectivity index (χ1n) is 8.86. The van der Waals surface area contributed by atoms with Gasteiger partial charge in [0.1, 0.15) is 6.33 Å². The average Bonchev–Trinajstić information content (AvgIpc) is 3.08. The lowest BCUT2D eigenvalue weighted by atomic mass is 9.96. The van der Waals surface area contributed by atoms with Gasteiger partial charge in [-0.1, -0.05) is 37.5 Å². The number of carbonyl (C=O) groups is 1. The molecule has 1 aliphatic carbocycles. The van der Waals surface area contributed by atoms with Crippen molar-refractivity contribution in [3.05, 3.63) is 36.2 Å². The zero-order chi connectivity index (χ0) is 17.5. The lowest BCUT2D eigenvalue weighted by Crippen LogP contribution is -2.45. The summed E-state index contributed by atoms with van der Waals surface area (Å²) in [5, 5.41) is 22.2. The molecule has 2 unspecified atom stereocenters. The monoisotopic (exact) mass is 343 g/mol. The zero-order valence-corrected chi connectivity index (χ0v) is 14.2. The molecule has 1 aromatic heterocycles. The Labute approximate surface area is 147 Å². The van der Waals surface area contributed by atoms with Crippen LogP contribution in [0.4, 0.5) is 4.79 Å². The molecule has 7 nitrogen and oxygen atoms in total. The predicted molar refractivity (Wildman–Crippen MR) is 94.6 cm³/mol. The third-order valence-electron chi connectivity index (χ3n) is 4.78. The largest absolute Gasteiger partial charge is 0.396 e. The Morgan fingerprint density at radius 3 is 2.96 bits per heavy atom. The van der Waals surface area contributed by atoms with E-state index in [4.69, 9.17) is 0 Å². The molecular weight excluding hydrogens is 318 g/mol. The third-order valence-corrected chi connectivity index (χ3v) is 4.78. The second-order valence-electron chi connectivity index (χ2n) is 6.55. The zero-order valence-electron chi connectivity index (χ0n) is 14.2. The Kier molecular flexibility index (Phi) is 6.00.